The van der Waals surface area contributed by atoms with E-state index in [-0.39, 0.29) is 0 Å². The molecule has 0 aromatic carbocycles. The van der Waals surface area contributed by atoms with Crippen LogP contribution < -0.4 is 0 Å². The molecule has 1 nitrogen and oxygen atoms in total. The SMILES string of the molecule is CCCCCN1CCC(Cl)C1. The highest BCUT2D eigenvalue weighted by atomic mass is 35.5. The number of likely N-dealkylation sites (tertiary alicyclic amines) is 1. The molecule has 11 heavy (non-hydrogen) atoms. The number of alkyl halides is 1. The fourth-order valence-electron chi connectivity index (χ4n) is 1.57. The summed E-state index contributed by atoms with van der Waals surface area (Å²) in [5.74, 6) is 0. The van der Waals surface area contributed by atoms with E-state index in [0.29, 0.717) is 5.38 Å². The predicted molar refractivity (Wildman–Crippen MR) is 50.2 cm³/mol. The van der Waals surface area contributed by atoms with Crippen LogP contribution in [-0.4, -0.2) is 29.9 Å². The standard InChI is InChI=1S/C9H18ClN/c1-2-3-4-6-11-7-5-9(10)8-11/h9H,2-8H2,1H3. The molecule has 1 aliphatic heterocycles. The average molecular weight is 176 g/mol. The van der Waals surface area contributed by atoms with Gasteiger partial charge in [-0.2, -0.15) is 0 Å². The predicted octanol–water partition coefficient (Wildman–Crippen LogP) is 2.49. The van der Waals surface area contributed by atoms with Crippen LogP contribution in [0.2, 0.25) is 0 Å². The molecule has 2 heteroatoms. The smallest absolute Gasteiger partial charge is 0.0475 e. The van der Waals surface area contributed by atoms with Crippen molar-refractivity contribution in [1.82, 2.24) is 4.90 Å². The molecule has 0 saturated carbocycles. The van der Waals surface area contributed by atoms with E-state index >= 15 is 0 Å². The molecule has 66 valence electrons. The first-order valence-corrected chi connectivity index (χ1v) is 5.13. The lowest BCUT2D eigenvalue weighted by Crippen LogP contribution is -2.21. The summed E-state index contributed by atoms with van der Waals surface area (Å²) in [5.41, 5.74) is 0. The molecular weight excluding hydrogens is 158 g/mol. The molecule has 1 atom stereocenters. The molecule has 1 aliphatic rings. The van der Waals surface area contributed by atoms with Gasteiger partial charge in [0.1, 0.15) is 0 Å². The highest BCUT2D eigenvalue weighted by Crippen LogP contribution is 2.14. The third-order valence-electron chi connectivity index (χ3n) is 2.29. The van der Waals surface area contributed by atoms with Gasteiger partial charge in [-0.05, 0) is 25.9 Å². The van der Waals surface area contributed by atoms with Crippen LogP contribution >= 0.6 is 11.6 Å². The fraction of sp³-hybridized carbons (Fsp3) is 1.00. The Morgan fingerprint density at radius 3 is 2.82 bits per heavy atom. The van der Waals surface area contributed by atoms with Gasteiger partial charge >= 0.3 is 0 Å². The Balaban J connectivity index is 1.99. The van der Waals surface area contributed by atoms with Crippen molar-refractivity contribution in [3.05, 3.63) is 0 Å². The van der Waals surface area contributed by atoms with Crippen molar-refractivity contribution in [2.45, 2.75) is 38.0 Å². The maximum Gasteiger partial charge on any atom is 0.0475 e. The molecule has 1 fully saturated rings. The Morgan fingerprint density at radius 2 is 2.27 bits per heavy atom. The van der Waals surface area contributed by atoms with Gasteiger partial charge in [-0.15, -0.1) is 11.6 Å². The quantitative estimate of drug-likeness (QED) is 0.469. The number of hydrogen-bond donors (Lipinski definition) is 0. The minimum atomic E-state index is 0.427. The minimum absolute atomic E-state index is 0.427. The maximum absolute atomic E-state index is 5.98. The van der Waals surface area contributed by atoms with Crippen LogP contribution in [0.5, 0.6) is 0 Å². The number of unbranched alkanes of at least 4 members (excludes halogenated alkanes) is 2. The summed E-state index contributed by atoms with van der Waals surface area (Å²) in [6.07, 6.45) is 5.22. The molecule has 1 heterocycles. The van der Waals surface area contributed by atoms with Gasteiger partial charge in [-0.25, -0.2) is 0 Å². The Kier molecular flexibility index (Phi) is 4.24. The molecule has 0 radical (unpaired) electrons. The summed E-state index contributed by atoms with van der Waals surface area (Å²) >= 11 is 5.98. The molecule has 0 spiro atoms. The first-order chi connectivity index (χ1) is 5.33. The molecule has 1 unspecified atom stereocenters. The molecule has 0 bridgehead atoms. The van der Waals surface area contributed by atoms with Gasteiger partial charge in [0.2, 0.25) is 0 Å². The number of rotatable bonds is 4. The largest absolute Gasteiger partial charge is 0.302 e. The lowest BCUT2D eigenvalue weighted by Gasteiger charge is -2.13. The van der Waals surface area contributed by atoms with E-state index in [2.05, 4.69) is 11.8 Å². The molecule has 0 aliphatic carbocycles. The number of halogens is 1. The van der Waals surface area contributed by atoms with Gasteiger partial charge in [-0.3, -0.25) is 0 Å². The Bertz CT molecular complexity index is 106. The van der Waals surface area contributed by atoms with E-state index in [4.69, 9.17) is 11.6 Å². The van der Waals surface area contributed by atoms with E-state index in [1.807, 2.05) is 0 Å². The molecule has 0 N–H and O–H groups in total. The summed E-state index contributed by atoms with van der Waals surface area (Å²) in [4.78, 5) is 2.48. The van der Waals surface area contributed by atoms with Crippen LogP contribution in [0.25, 0.3) is 0 Å². The Hall–Kier alpha value is 0.250. The second-order valence-corrected chi connectivity index (χ2v) is 4.01. The second-order valence-electron chi connectivity index (χ2n) is 3.39. The Labute approximate surface area is 74.7 Å². The van der Waals surface area contributed by atoms with Crippen LogP contribution in [0, 0.1) is 0 Å². The molecule has 0 aromatic rings. The first-order valence-electron chi connectivity index (χ1n) is 4.69. The van der Waals surface area contributed by atoms with E-state index in [1.54, 1.807) is 0 Å². The van der Waals surface area contributed by atoms with Gasteiger partial charge < -0.3 is 4.90 Å². The lowest BCUT2D eigenvalue weighted by molar-refractivity contribution is 0.330. The summed E-state index contributed by atoms with van der Waals surface area (Å²) in [6.45, 7) is 5.84. The normalized spacial score (nSPS) is 26.2. The van der Waals surface area contributed by atoms with Gasteiger partial charge in [-0.1, -0.05) is 19.8 Å². The molecule has 0 aromatic heterocycles. The van der Waals surface area contributed by atoms with Crippen molar-refractivity contribution in [2.24, 2.45) is 0 Å². The molecule has 1 saturated heterocycles. The highest BCUT2D eigenvalue weighted by Gasteiger charge is 2.18. The van der Waals surface area contributed by atoms with Crippen molar-refractivity contribution in [1.29, 1.82) is 0 Å². The van der Waals surface area contributed by atoms with Gasteiger partial charge in [0, 0.05) is 11.9 Å². The van der Waals surface area contributed by atoms with Crippen LogP contribution in [0.15, 0.2) is 0 Å². The number of nitrogens with zero attached hydrogens (tertiary/aromatic N) is 1. The molecular formula is C9H18ClN. The highest BCUT2D eigenvalue weighted by molar-refractivity contribution is 6.20. The topological polar surface area (TPSA) is 3.24 Å². The number of hydrogen-bond acceptors (Lipinski definition) is 1. The second kappa shape index (κ2) is 5.00. The average Bonchev–Trinajstić information content (AvgIpc) is 2.37. The van der Waals surface area contributed by atoms with E-state index in [9.17, 15) is 0 Å². The van der Waals surface area contributed by atoms with Crippen molar-refractivity contribution in [2.75, 3.05) is 19.6 Å². The van der Waals surface area contributed by atoms with Crippen LogP contribution in [-0.2, 0) is 0 Å². The monoisotopic (exact) mass is 175 g/mol. The van der Waals surface area contributed by atoms with E-state index in [1.165, 1.54) is 38.8 Å². The van der Waals surface area contributed by atoms with Crippen LogP contribution in [0.3, 0.4) is 0 Å². The van der Waals surface area contributed by atoms with Crippen molar-refractivity contribution in [3.8, 4) is 0 Å². The van der Waals surface area contributed by atoms with E-state index in [0.717, 1.165) is 6.54 Å². The van der Waals surface area contributed by atoms with Crippen LogP contribution in [0.1, 0.15) is 32.6 Å². The van der Waals surface area contributed by atoms with Crippen LogP contribution in [0.4, 0.5) is 0 Å². The third-order valence-corrected chi connectivity index (χ3v) is 2.65. The summed E-state index contributed by atoms with van der Waals surface area (Å²) in [6, 6.07) is 0. The van der Waals surface area contributed by atoms with Crippen molar-refractivity contribution < 1.29 is 0 Å². The zero-order valence-corrected chi connectivity index (χ0v) is 8.11. The lowest BCUT2D eigenvalue weighted by atomic mass is 10.2. The fourth-order valence-corrected chi connectivity index (χ4v) is 1.87. The minimum Gasteiger partial charge on any atom is -0.302 e. The summed E-state index contributed by atoms with van der Waals surface area (Å²) < 4.78 is 0. The summed E-state index contributed by atoms with van der Waals surface area (Å²) in [7, 11) is 0. The zero-order chi connectivity index (χ0) is 8.10. The van der Waals surface area contributed by atoms with Crippen molar-refractivity contribution in [3.63, 3.8) is 0 Å². The van der Waals surface area contributed by atoms with Gasteiger partial charge in [0.05, 0.1) is 0 Å². The van der Waals surface area contributed by atoms with E-state index < -0.39 is 0 Å². The molecule has 1 rings (SSSR count). The zero-order valence-electron chi connectivity index (χ0n) is 7.35. The Morgan fingerprint density at radius 1 is 1.45 bits per heavy atom. The maximum atomic E-state index is 5.98. The van der Waals surface area contributed by atoms with Gasteiger partial charge in [0.25, 0.3) is 0 Å². The third kappa shape index (κ3) is 3.44. The van der Waals surface area contributed by atoms with Crippen molar-refractivity contribution >= 4 is 11.6 Å². The van der Waals surface area contributed by atoms with Gasteiger partial charge in [0.15, 0.2) is 0 Å². The first kappa shape index (κ1) is 9.34. The molecule has 0 amide bonds. The summed E-state index contributed by atoms with van der Waals surface area (Å²) in [5, 5.41) is 0.427.